The minimum Gasteiger partial charge on any atom is -0.262 e. The highest BCUT2D eigenvalue weighted by atomic mass is 79.9. The maximum atomic E-state index is 12.1. The first kappa shape index (κ1) is 13.7. The van der Waals surface area contributed by atoms with Gasteiger partial charge in [0.15, 0.2) is 14.5 Å². The third kappa shape index (κ3) is 2.82. The molecule has 0 amide bonds. The van der Waals surface area contributed by atoms with Crippen molar-refractivity contribution >= 4 is 54.7 Å². The van der Waals surface area contributed by atoms with Gasteiger partial charge in [-0.25, -0.2) is 18.4 Å². The van der Waals surface area contributed by atoms with Crippen molar-refractivity contribution in [3.63, 3.8) is 0 Å². The van der Waals surface area contributed by atoms with Crippen LogP contribution in [-0.2, 0) is 10.0 Å². The first-order valence-electron chi connectivity index (χ1n) is 4.66. The molecule has 96 valence electrons. The summed E-state index contributed by atoms with van der Waals surface area (Å²) >= 11 is 9.82. The maximum Gasteiger partial charge on any atom is 0.274 e. The van der Waals surface area contributed by atoms with Crippen LogP contribution in [0, 0.1) is 6.92 Å². The summed E-state index contributed by atoms with van der Waals surface area (Å²) in [5.41, 5.74) is 0.365. The normalized spacial score (nSPS) is 11.5. The van der Waals surface area contributed by atoms with Crippen LogP contribution in [0.3, 0.4) is 0 Å². The first-order valence-corrected chi connectivity index (χ1v) is 8.13. The zero-order chi connectivity index (χ0) is 13.3. The van der Waals surface area contributed by atoms with Crippen molar-refractivity contribution in [2.24, 2.45) is 0 Å². The molecule has 2 aromatic rings. The highest BCUT2D eigenvalue weighted by Crippen LogP contribution is 2.29. The average molecular weight is 369 g/mol. The first-order chi connectivity index (χ1) is 8.40. The molecular formula is C9H7BrClN3O2S2. The molecule has 1 N–H and O–H groups in total. The number of nitrogens with one attached hydrogen (secondary N) is 1. The Kier molecular flexibility index (Phi) is 3.90. The van der Waals surface area contributed by atoms with Crippen LogP contribution in [0.5, 0.6) is 0 Å². The lowest BCUT2D eigenvalue weighted by atomic mass is 10.5. The Hall–Kier alpha value is -0.700. The number of pyridine rings is 1. The van der Waals surface area contributed by atoms with E-state index in [4.69, 9.17) is 11.6 Å². The lowest BCUT2D eigenvalue weighted by molar-refractivity contribution is 0.602. The van der Waals surface area contributed by atoms with Crippen molar-refractivity contribution in [3.05, 3.63) is 33.0 Å². The van der Waals surface area contributed by atoms with Crippen LogP contribution in [0.25, 0.3) is 0 Å². The van der Waals surface area contributed by atoms with Crippen LogP contribution in [-0.4, -0.2) is 18.4 Å². The molecule has 0 bridgehead atoms. The number of aryl methyl sites for hydroxylation is 1. The molecule has 5 nitrogen and oxygen atoms in total. The second kappa shape index (κ2) is 5.12. The van der Waals surface area contributed by atoms with Gasteiger partial charge in [-0.15, -0.1) is 0 Å². The molecule has 0 spiro atoms. The molecule has 0 saturated heterocycles. The molecule has 2 aromatic heterocycles. The Morgan fingerprint density at radius 3 is 2.78 bits per heavy atom. The van der Waals surface area contributed by atoms with Crippen molar-refractivity contribution in [2.75, 3.05) is 4.72 Å². The number of rotatable bonds is 3. The number of halogens is 2. The fourth-order valence-electron chi connectivity index (χ4n) is 1.23. The lowest BCUT2D eigenvalue weighted by Crippen LogP contribution is -2.14. The Morgan fingerprint density at radius 2 is 2.22 bits per heavy atom. The number of thiazole rings is 1. The molecule has 9 heteroatoms. The van der Waals surface area contributed by atoms with Gasteiger partial charge in [-0.3, -0.25) is 4.72 Å². The van der Waals surface area contributed by atoms with Gasteiger partial charge in [0.05, 0.1) is 10.2 Å². The van der Waals surface area contributed by atoms with Gasteiger partial charge in [0.1, 0.15) is 0 Å². The number of anilines is 1. The van der Waals surface area contributed by atoms with Crippen LogP contribution in [0.15, 0.2) is 27.0 Å². The predicted octanol–water partition coefficient (Wildman–Crippen LogP) is 3.06. The van der Waals surface area contributed by atoms with E-state index in [1.165, 1.54) is 6.20 Å². The Bertz CT molecular complexity index is 687. The number of hydrogen-bond donors (Lipinski definition) is 1. The molecule has 0 aliphatic carbocycles. The fraction of sp³-hybridized carbons (Fsp3) is 0.111. The number of hydrogen-bond acceptors (Lipinski definition) is 5. The van der Waals surface area contributed by atoms with Crippen LogP contribution in [0.4, 0.5) is 5.82 Å². The van der Waals surface area contributed by atoms with E-state index in [9.17, 15) is 8.42 Å². The highest BCUT2D eigenvalue weighted by Gasteiger charge is 2.22. The third-order valence-electron chi connectivity index (χ3n) is 1.96. The third-order valence-corrected chi connectivity index (χ3v) is 5.81. The van der Waals surface area contributed by atoms with Crippen molar-refractivity contribution in [1.82, 2.24) is 9.97 Å². The van der Waals surface area contributed by atoms with Gasteiger partial charge in [-0.2, -0.15) is 0 Å². The quantitative estimate of drug-likeness (QED) is 0.903. The molecule has 0 radical (unpaired) electrons. The fourth-order valence-corrected chi connectivity index (χ4v) is 4.49. The summed E-state index contributed by atoms with van der Waals surface area (Å²) in [6.45, 7) is 1.59. The van der Waals surface area contributed by atoms with Gasteiger partial charge in [0, 0.05) is 6.20 Å². The standard InChI is InChI=1S/C9H7BrClN3O2S2/c1-5-8(17-9(11)13-5)18(15,16)14-7-6(10)3-2-4-12-7/h2-4H,1H3,(H,12,14). The number of nitrogens with zero attached hydrogens (tertiary/aromatic N) is 2. The van der Waals surface area contributed by atoms with E-state index in [-0.39, 0.29) is 14.5 Å². The molecular weight excluding hydrogens is 362 g/mol. The Balaban J connectivity index is 2.40. The molecule has 18 heavy (non-hydrogen) atoms. The van der Waals surface area contributed by atoms with E-state index < -0.39 is 10.0 Å². The smallest absolute Gasteiger partial charge is 0.262 e. The van der Waals surface area contributed by atoms with E-state index in [0.29, 0.717) is 10.2 Å². The molecule has 0 aliphatic rings. The van der Waals surface area contributed by atoms with E-state index in [1.807, 2.05) is 0 Å². The van der Waals surface area contributed by atoms with Crippen molar-refractivity contribution in [2.45, 2.75) is 11.1 Å². The molecule has 0 saturated carbocycles. The topological polar surface area (TPSA) is 72.0 Å². The SMILES string of the molecule is Cc1nc(Cl)sc1S(=O)(=O)Nc1ncccc1Br. The second-order valence-electron chi connectivity index (χ2n) is 3.28. The average Bonchev–Trinajstić information content (AvgIpc) is 2.62. The van der Waals surface area contributed by atoms with Crippen LogP contribution < -0.4 is 4.72 Å². The van der Waals surface area contributed by atoms with Crippen molar-refractivity contribution in [3.8, 4) is 0 Å². The van der Waals surface area contributed by atoms with E-state index in [1.54, 1.807) is 19.1 Å². The monoisotopic (exact) mass is 367 g/mol. The van der Waals surface area contributed by atoms with Gasteiger partial charge in [0.25, 0.3) is 10.0 Å². The zero-order valence-corrected chi connectivity index (χ0v) is 13.0. The molecule has 2 rings (SSSR count). The largest absolute Gasteiger partial charge is 0.274 e. The Labute approximate surface area is 121 Å². The summed E-state index contributed by atoms with van der Waals surface area (Å²) in [7, 11) is -3.72. The molecule has 2 heterocycles. The van der Waals surface area contributed by atoms with E-state index in [0.717, 1.165) is 11.3 Å². The Morgan fingerprint density at radius 1 is 1.50 bits per heavy atom. The van der Waals surface area contributed by atoms with Crippen molar-refractivity contribution in [1.29, 1.82) is 0 Å². The molecule has 0 aliphatic heterocycles. The summed E-state index contributed by atoms with van der Waals surface area (Å²) < 4.78 is 27.5. The van der Waals surface area contributed by atoms with Crippen molar-refractivity contribution < 1.29 is 8.42 Å². The van der Waals surface area contributed by atoms with Crippen LogP contribution in [0.2, 0.25) is 4.47 Å². The number of aromatic nitrogens is 2. The molecule has 0 aromatic carbocycles. The minimum atomic E-state index is -3.72. The van der Waals surface area contributed by atoms with E-state index >= 15 is 0 Å². The van der Waals surface area contributed by atoms with Crippen LogP contribution in [0.1, 0.15) is 5.69 Å². The second-order valence-corrected chi connectivity index (χ2v) is 7.59. The van der Waals surface area contributed by atoms with E-state index in [2.05, 4.69) is 30.6 Å². The van der Waals surface area contributed by atoms with Gasteiger partial charge in [-0.05, 0) is 35.0 Å². The summed E-state index contributed by atoms with van der Waals surface area (Å²) in [4.78, 5) is 7.81. The lowest BCUT2D eigenvalue weighted by Gasteiger charge is -2.06. The van der Waals surface area contributed by atoms with Gasteiger partial charge in [0.2, 0.25) is 0 Å². The summed E-state index contributed by atoms with van der Waals surface area (Å²) in [5, 5.41) is 0. The molecule has 0 atom stereocenters. The van der Waals surface area contributed by atoms with Gasteiger partial charge in [-0.1, -0.05) is 22.9 Å². The summed E-state index contributed by atoms with van der Waals surface area (Å²) in [5.74, 6) is 0.224. The predicted molar refractivity (Wildman–Crippen MR) is 74.6 cm³/mol. The zero-order valence-electron chi connectivity index (χ0n) is 9.02. The maximum absolute atomic E-state index is 12.1. The van der Waals surface area contributed by atoms with Crippen LogP contribution >= 0.6 is 38.9 Å². The minimum absolute atomic E-state index is 0.0880. The summed E-state index contributed by atoms with van der Waals surface area (Å²) in [6.07, 6.45) is 1.50. The molecule has 0 unspecified atom stereocenters. The summed E-state index contributed by atoms with van der Waals surface area (Å²) in [6, 6.07) is 3.38. The van der Waals surface area contributed by atoms with Gasteiger partial charge >= 0.3 is 0 Å². The highest BCUT2D eigenvalue weighted by molar-refractivity contribution is 9.10. The van der Waals surface area contributed by atoms with Gasteiger partial charge < -0.3 is 0 Å². The number of sulfonamides is 1. The molecule has 0 fully saturated rings.